The molecule has 12 heteroatoms. The summed E-state index contributed by atoms with van der Waals surface area (Å²) in [6, 6.07) is 3.08. The van der Waals surface area contributed by atoms with Crippen LogP contribution in [0.25, 0.3) is 22.0 Å². The van der Waals surface area contributed by atoms with Crippen LogP contribution in [0.4, 0.5) is 31.8 Å². The van der Waals surface area contributed by atoms with Gasteiger partial charge in [0.1, 0.15) is 35.6 Å². The normalized spacial score (nSPS) is 17.4. The number of halogens is 2. The summed E-state index contributed by atoms with van der Waals surface area (Å²) in [5, 5.41) is 13.3. The average molecular weight is 548 g/mol. The average Bonchev–Trinajstić information content (AvgIpc) is 3.45. The fourth-order valence-corrected chi connectivity index (χ4v) is 5.42. The summed E-state index contributed by atoms with van der Waals surface area (Å²) in [5.74, 6) is -1.43. The quantitative estimate of drug-likeness (QED) is 0.362. The number of pyridine rings is 2. The van der Waals surface area contributed by atoms with Crippen LogP contribution >= 0.6 is 0 Å². The molecule has 0 amide bonds. The van der Waals surface area contributed by atoms with Crippen LogP contribution in [0, 0.1) is 18.6 Å². The van der Waals surface area contributed by atoms with Crippen molar-refractivity contribution < 1.29 is 23.4 Å². The number of morpholine rings is 1. The van der Waals surface area contributed by atoms with Gasteiger partial charge < -0.3 is 25.0 Å². The number of carbonyl (C=O) groups is 1. The Labute approximate surface area is 228 Å². The molecule has 6 rings (SSSR count). The number of ether oxygens (including phenoxy) is 1. The number of aliphatic carboxylic acids is 1. The zero-order valence-electron chi connectivity index (χ0n) is 21.8. The second-order valence-electron chi connectivity index (χ2n) is 9.85. The van der Waals surface area contributed by atoms with Crippen molar-refractivity contribution >= 4 is 39.9 Å². The molecule has 0 spiro atoms. The number of rotatable bonds is 6. The van der Waals surface area contributed by atoms with Gasteiger partial charge in [-0.25, -0.2) is 33.5 Å². The lowest BCUT2D eigenvalue weighted by Gasteiger charge is -2.29. The van der Waals surface area contributed by atoms with Gasteiger partial charge >= 0.3 is 5.97 Å². The second kappa shape index (κ2) is 10.6. The summed E-state index contributed by atoms with van der Waals surface area (Å²) in [6.07, 6.45) is 7.58. The van der Waals surface area contributed by atoms with Gasteiger partial charge in [-0.15, -0.1) is 0 Å². The summed E-state index contributed by atoms with van der Waals surface area (Å²) < 4.78 is 35.3. The third-order valence-corrected chi connectivity index (χ3v) is 7.39. The van der Waals surface area contributed by atoms with Gasteiger partial charge in [0.25, 0.3) is 0 Å². The van der Waals surface area contributed by atoms with Gasteiger partial charge in [0.05, 0.1) is 35.5 Å². The molecule has 1 unspecified atom stereocenters. The Bertz CT molecular complexity index is 1580. The highest BCUT2D eigenvalue weighted by Gasteiger charge is 2.33. The van der Waals surface area contributed by atoms with Gasteiger partial charge in [-0.2, -0.15) is 0 Å². The van der Waals surface area contributed by atoms with Crippen molar-refractivity contribution in [2.75, 3.05) is 48.0 Å². The van der Waals surface area contributed by atoms with E-state index in [1.807, 2.05) is 6.07 Å². The van der Waals surface area contributed by atoms with Gasteiger partial charge in [0.15, 0.2) is 0 Å². The summed E-state index contributed by atoms with van der Waals surface area (Å²) >= 11 is 0. The Balaban J connectivity index is 1.54. The summed E-state index contributed by atoms with van der Waals surface area (Å²) in [6.45, 7) is 4.72. The first-order chi connectivity index (χ1) is 19.4. The molecule has 5 heterocycles. The molecule has 10 nitrogen and oxygen atoms in total. The van der Waals surface area contributed by atoms with Crippen LogP contribution in [0.5, 0.6) is 0 Å². The number of benzene rings is 1. The van der Waals surface area contributed by atoms with E-state index in [9.17, 15) is 14.3 Å². The van der Waals surface area contributed by atoms with Gasteiger partial charge in [0, 0.05) is 73.1 Å². The van der Waals surface area contributed by atoms with Crippen molar-refractivity contribution in [3.05, 3.63) is 60.3 Å². The van der Waals surface area contributed by atoms with E-state index >= 15 is 4.39 Å². The first-order valence-electron chi connectivity index (χ1n) is 13.0. The molecule has 206 valence electrons. The van der Waals surface area contributed by atoms with Gasteiger partial charge in [0.2, 0.25) is 0 Å². The number of hydrogen-bond acceptors (Lipinski definition) is 9. The predicted molar refractivity (Wildman–Crippen MR) is 146 cm³/mol. The van der Waals surface area contributed by atoms with E-state index < -0.39 is 23.6 Å². The summed E-state index contributed by atoms with van der Waals surface area (Å²) in [7, 11) is 0. The molecule has 2 N–H and O–H groups in total. The van der Waals surface area contributed by atoms with Crippen LogP contribution in [-0.2, 0) is 9.53 Å². The molecule has 0 bridgehead atoms. The van der Waals surface area contributed by atoms with Crippen LogP contribution in [-0.4, -0.2) is 69.9 Å². The van der Waals surface area contributed by atoms with E-state index in [2.05, 4.69) is 30.2 Å². The van der Waals surface area contributed by atoms with Crippen LogP contribution in [0.15, 0.2) is 43.1 Å². The van der Waals surface area contributed by atoms with Crippen LogP contribution in [0.3, 0.4) is 0 Å². The van der Waals surface area contributed by atoms with E-state index in [1.165, 1.54) is 6.33 Å². The highest BCUT2D eigenvalue weighted by Crippen LogP contribution is 2.41. The SMILES string of the molecule is Cc1c(N2CCCC2C(=O)O)nc2cc(F)cc(F)c2c1Nc1cc(N2CCOCC2)ncc1-c1cncnc1. The largest absolute Gasteiger partial charge is 0.480 e. The molecule has 0 aliphatic carbocycles. The number of nitrogens with zero attached hydrogens (tertiary/aromatic N) is 6. The van der Waals surface area contributed by atoms with Gasteiger partial charge in [-0.1, -0.05) is 0 Å². The Morgan fingerprint density at radius 1 is 1.10 bits per heavy atom. The summed E-state index contributed by atoms with van der Waals surface area (Å²) in [4.78, 5) is 33.3. The first kappa shape index (κ1) is 25.8. The van der Waals surface area contributed by atoms with Crippen molar-refractivity contribution in [3.63, 3.8) is 0 Å². The third-order valence-electron chi connectivity index (χ3n) is 7.39. The lowest BCUT2D eigenvalue weighted by molar-refractivity contribution is -0.138. The molecule has 40 heavy (non-hydrogen) atoms. The number of fused-ring (bicyclic) bond motifs is 1. The lowest BCUT2D eigenvalue weighted by atomic mass is 10.0. The topological polar surface area (TPSA) is 117 Å². The molecule has 0 radical (unpaired) electrons. The number of nitrogens with one attached hydrogen (secondary N) is 1. The molecule has 1 atom stereocenters. The Morgan fingerprint density at radius 3 is 2.62 bits per heavy atom. The zero-order valence-corrected chi connectivity index (χ0v) is 21.8. The second-order valence-corrected chi connectivity index (χ2v) is 9.85. The number of anilines is 4. The van der Waals surface area contributed by atoms with Crippen molar-refractivity contribution in [2.24, 2.45) is 0 Å². The maximum Gasteiger partial charge on any atom is 0.326 e. The fraction of sp³-hybridized carbons (Fsp3) is 0.321. The van der Waals surface area contributed by atoms with Crippen LogP contribution < -0.4 is 15.1 Å². The third kappa shape index (κ3) is 4.75. The van der Waals surface area contributed by atoms with E-state index in [0.29, 0.717) is 85.4 Å². The molecule has 2 aliphatic rings. The standard InChI is InChI=1S/C28H27F2N7O3/c1-16-26(25-20(30)9-18(29)10-22(25)35-27(16)37-4-2-3-23(37)28(38)39)34-21-11-24(36-5-7-40-8-6-36)33-14-19(21)17-12-31-15-32-13-17/h9-15,23H,2-8H2,1H3,(H,38,39)(H,33,34,35). The van der Waals surface area contributed by atoms with E-state index in [0.717, 1.165) is 12.1 Å². The maximum absolute atomic E-state index is 15.4. The Morgan fingerprint density at radius 2 is 1.88 bits per heavy atom. The predicted octanol–water partition coefficient (Wildman–Crippen LogP) is 4.31. The minimum atomic E-state index is -0.964. The molecule has 4 aromatic rings. The maximum atomic E-state index is 15.4. The number of hydrogen-bond donors (Lipinski definition) is 2. The fourth-order valence-electron chi connectivity index (χ4n) is 5.42. The van der Waals surface area contributed by atoms with Gasteiger partial charge in [-0.05, 0) is 19.8 Å². The molecule has 2 saturated heterocycles. The van der Waals surface area contributed by atoms with Crippen LogP contribution in [0.1, 0.15) is 18.4 Å². The van der Waals surface area contributed by atoms with Crippen molar-refractivity contribution in [3.8, 4) is 11.1 Å². The van der Waals surface area contributed by atoms with E-state index in [4.69, 9.17) is 4.74 Å². The van der Waals surface area contributed by atoms with Crippen LogP contribution in [0.2, 0.25) is 0 Å². The van der Waals surface area contributed by atoms with Crippen molar-refractivity contribution in [1.29, 1.82) is 0 Å². The van der Waals surface area contributed by atoms with E-state index in [1.54, 1.807) is 30.4 Å². The molecule has 2 fully saturated rings. The minimum absolute atomic E-state index is 0.0868. The molecular formula is C28H27F2N7O3. The van der Waals surface area contributed by atoms with Crippen molar-refractivity contribution in [2.45, 2.75) is 25.8 Å². The number of carboxylic acid groups (broad SMARTS) is 1. The lowest BCUT2D eigenvalue weighted by Crippen LogP contribution is -2.37. The highest BCUT2D eigenvalue weighted by atomic mass is 19.1. The first-order valence-corrected chi connectivity index (χ1v) is 13.0. The van der Waals surface area contributed by atoms with Gasteiger partial charge in [-0.3, -0.25) is 0 Å². The smallest absolute Gasteiger partial charge is 0.326 e. The monoisotopic (exact) mass is 547 g/mol. The summed E-state index contributed by atoms with van der Waals surface area (Å²) in [5.41, 5.74) is 2.98. The molecule has 0 saturated carbocycles. The van der Waals surface area contributed by atoms with Crippen molar-refractivity contribution in [1.82, 2.24) is 19.9 Å². The number of aromatic nitrogens is 4. The molecule has 1 aromatic carbocycles. The van der Waals surface area contributed by atoms with E-state index in [-0.39, 0.29) is 10.9 Å². The Hall–Kier alpha value is -4.45. The Kier molecular flexibility index (Phi) is 6.84. The molecular weight excluding hydrogens is 520 g/mol. The zero-order chi connectivity index (χ0) is 27.8. The molecule has 3 aromatic heterocycles. The highest BCUT2D eigenvalue weighted by molar-refractivity contribution is 5.99. The minimum Gasteiger partial charge on any atom is -0.480 e. The number of carboxylic acids is 1. The molecule has 2 aliphatic heterocycles.